The van der Waals surface area contributed by atoms with Gasteiger partial charge in [-0.05, 0) is 48.9 Å². The van der Waals surface area contributed by atoms with E-state index in [4.69, 9.17) is 0 Å². The Morgan fingerprint density at radius 1 is 1.07 bits per heavy atom. The van der Waals surface area contributed by atoms with Crippen LogP contribution in [0.5, 0.6) is 0 Å². The number of rotatable bonds is 2. The molecular formula is C14H28O. The molecule has 0 aromatic heterocycles. The van der Waals surface area contributed by atoms with E-state index in [1.165, 1.54) is 19.3 Å². The molecule has 0 aromatic carbocycles. The Balaban J connectivity index is 2.44. The summed E-state index contributed by atoms with van der Waals surface area (Å²) in [6.07, 6.45) is 4.87. The average Bonchev–Trinajstić information content (AvgIpc) is 1.99. The van der Waals surface area contributed by atoms with Crippen LogP contribution in [0.4, 0.5) is 0 Å². The van der Waals surface area contributed by atoms with E-state index < -0.39 is 0 Å². The molecule has 3 unspecified atom stereocenters. The van der Waals surface area contributed by atoms with Crippen molar-refractivity contribution >= 4 is 0 Å². The van der Waals surface area contributed by atoms with E-state index in [0.717, 1.165) is 24.2 Å². The molecule has 0 bridgehead atoms. The maximum absolute atomic E-state index is 10.1. The summed E-state index contributed by atoms with van der Waals surface area (Å²) in [5.74, 6) is 2.45. The van der Waals surface area contributed by atoms with Crippen molar-refractivity contribution in [2.45, 2.75) is 66.4 Å². The van der Waals surface area contributed by atoms with Crippen LogP contribution in [-0.4, -0.2) is 11.2 Å². The van der Waals surface area contributed by atoms with E-state index in [9.17, 15) is 5.11 Å². The average molecular weight is 212 g/mol. The molecule has 1 rings (SSSR count). The summed E-state index contributed by atoms with van der Waals surface area (Å²) in [5.41, 5.74) is 0.0456. The first-order valence-electron chi connectivity index (χ1n) is 6.47. The minimum absolute atomic E-state index is 0.0456. The SMILES string of the molecule is CC1CC(C)CC(CC(O)C(C)(C)C)C1. The van der Waals surface area contributed by atoms with Crippen LogP contribution in [0.3, 0.4) is 0 Å². The molecule has 0 aromatic rings. The zero-order valence-corrected chi connectivity index (χ0v) is 11.1. The molecular weight excluding hydrogens is 184 g/mol. The molecule has 1 fully saturated rings. The Labute approximate surface area is 95.3 Å². The fraction of sp³-hybridized carbons (Fsp3) is 1.00. The summed E-state index contributed by atoms with van der Waals surface area (Å²) in [6, 6.07) is 0. The summed E-state index contributed by atoms with van der Waals surface area (Å²) >= 11 is 0. The van der Waals surface area contributed by atoms with Crippen molar-refractivity contribution in [1.29, 1.82) is 0 Å². The Kier molecular flexibility index (Phi) is 4.22. The summed E-state index contributed by atoms with van der Waals surface area (Å²) in [5, 5.41) is 10.1. The first-order valence-corrected chi connectivity index (χ1v) is 6.47. The Hall–Kier alpha value is -0.0400. The van der Waals surface area contributed by atoms with Crippen molar-refractivity contribution in [2.24, 2.45) is 23.2 Å². The molecule has 0 saturated heterocycles. The summed E-state index contributed by atoms with van der Waals surface area (Å²) in [4.78, 5) is 0. The van der Waals surface area contributed by atoms with E-state index >= 15 is 0 Å². The van der Waals surface area contributed by atoms with E-state index in [1.54, 1.807) is 0 Å². The quantitative estimate of drug-likeness (QED) is 0.737. The fourth-order valence-corrected chi connectivity index (χ4v) is 2.98. The van der Waals surface area contributed by atoms with Crippen molar-refractivity contribution in [3.05, 3.63) is 0 Å². The van der Waals surface area contributed by atoms with Gasteiger partial charge in [0.15, 0.2) is 0 Å². The predicted molar refractivity (Wildman–Crippen MR) is 65.7 cm³/mol. The highest BCUT2D eigenvalue weighted by Gasteiger charge is 2.29. The van der Waals surface area contributed by atoms with Crippen LogP contribution in [0.15, 0.2) is 0 Å². The van der Waals surface area contributed by atoms with Gasteiger partial charge in [0.1, 0.15) is 0 Å². The molecule has 0 spiro atoms. The van der Waals surface area contributed by atoms with Gasteiger partial charge in [-0.1, -0.05) is 34.6 Å². The van der Waals surface area contributed by atoms with Crippen LogP contribution < -0.4 is 0 Å². The predicted octanol–water partition coefficient (Wildman–Crippen LogP) is 3.86. The monoisotopic (exact) mass is 212 g/mol. The van der Waals surface area contributed by atoms with Crippen LogP contribution in [0, 0.1) is 23.2 Å². The lowest BCUT2D eigenvalue weighted by molar-refractivity contribution is 0.0279. The zero-order chi connectivity index (χ0) is 11.6. The number of hydrogen-bond acceptors (Lipinski definition) is 1. The summed E-state index contributed by atoms with van der Waals surface area (Å²) in [7, 11) is 0. The molecule has 1 nitrogen and oxygen atoms in total. The molecule has 0 amide bonds. The van der Waals surface area contributed by atoms with Gasteiger partial charge in [-0.25, -0.2) is 0 Å². The van der Waals surface area contributed by atoms with Gasteiger partial charge >= 0.3 is 0 Å². The second kappa shape index (κ2) is 4.86. The van der Waals surface area contributed by atoms with Gasteiger partial charge < -0.3 is 5.11 Å². The van der Waals surface area contributed by atoms with Crippen LogP contribution in [0.25, 0.3) is 0 Å². The van der Waals surface area contributed by atoms with Gasteiger partial charge in [-0.2, -0.15) is 0 Å². The molecule has 1 aliphatic rings. The molecule has 3 atom stereocenters. The van der Waals surface area contributed by atoms with Gasteiger partial charge in [-0.15, -0.1) is 0 Å². The minimum Gasteiger partial charge on any atom is -0.393 e. The molecule has 90 valence electrons. The number of hydrogen-bond donors (Lipinski definition) is 1. The standard InChI is InChI=1S/C14H28O/c1-10-6-11(2)8-12(7-10)9-13(15)14(3,4)5/h10-13,15H,6-9H2,1-5H3. The van der Waals surface area contributed by atoms with E-state index in [2.05, 4.69) is 34.6 Å². The van der Waals surface area contributed by atoms with Crippen LogP contribution >= 0.6 is 0 Å². The third-order valence-electron chi connectivity index (χ3n) is 3.83. The maximum atomic E-state index is 10.1. The molecule has 0 radical (unpaired) electrons. The maximum Gasteiger partial charge on any atom is 0.0591 e. The van der Waals surface area contributed by atoms with E-state index in [0.29, 0.717) is 0 Å². The molecule has 1 saturated carbocycles. The largest absolute Gasteiger partial charge is 0.393 e. The molecule has 15 heavy (non-hydrogen) atoms. The van der Waals surface area contributed by atoms with E-state index in [1.807, 2.05) is 0 Å². The first-order chi connectivity index (χ1) is 6.79. The Morgan fingerprint density at radius 3 is 1.93 bits per heavy atom. The summed E-state index contributed by atoms with van der Waals surface area (Å²) < 4.78 is 0. The second-order valence-electron chi connectivity index (χ2n) is 6.90. The third-order valence-corrected chi connectivity index (χ3v) is 3.83. The highest BCUT2D eigenvalue weighted by atomic mass is 16.3. The highest BCUT2D eigenvalue weighted by Crippen LogP contribution is 2.37. The van der Waals surface area contributed by atoms with Gasteiger partial charge in [0.25, 0.3) is 0 Å². The van der Waals surface area contributed by atoms with Gasteiger partial charge in [0.05, 0.1) is 6.10 Å². The van der Waals surface area contributed by atoms with Crippen molar-refractivity contribution in [2.75, 3.05) is 0 Å². The van der Waals surface area contributed by atoms with Crippen molar-refractivity contribution in [1.82, 2.24) is 0 Å². The van der Waals surface area contributed by atoms with Gasteiger partial charge in [0, 0.05) is 0 Å². The second-order valence-corrected chi connectivity index (χ2v) is 6.90. The molecule has 1 heteroatoms. The lowest BCUT2D eigenvalue weighted by Crippen LogP contribution is -2.31. The number of aliphatic hydroxyl groups excluding tert-OH is 1. The minimum atomic E-state index is -0.139. The normalized spacial score (nSPS) is 35.2. The number of aliphatic hydroxyl groups is 1. The smallest absolute Gasteiger partial charge is 0.0591 e. The molecule has 1 N–H and O–H groups in total. The van der Waals surface area contributed by atoms with E-state index in [-0.39, 0.29) is 11.5 Å². The van der Waals surface area contributed by atoms with Crippen LogP contribution in [-0.2, 0) is 0 Å². The fourth-order valence-electron chi connectivity index (χ4n) is 2.98. The topological polar surface area (TPSA) is 20.2 Å². The lowest BCUT2D eigenvalue weighted by Gasteiger charge is -2.35. The molecule has 0 aliphatic heterocycles. The Bertz CT molecular complexity index is 182. The van der Waals surface area contributed by atoms with Gasteiger partial charge in [-0.3, -0.25) is 0 Å². The first kappa shape index (κ1) is 13.0. The van der Waals surface area contributed by atoms with Crippen molar-refractivity contribution in [3.63, 3.8) is 0 Å². The van der Waals surface area contributed by atoms with Crippen LogP contribution in [0.1, 0.15) is 60.3 Å². The van der Waals surface area contributed by atoms with Crippen molar-refractivity contribution < 1.29 is 5.11 Å². The van der Waals surface area contributed by atoms with Gasteiger partial charge in [0.2, 0.25) is 0 Å². The molecule has 0 heterocycles. The Morgan fingerprint density at radius 2 is 1.53 bits per heavy atom. The molecule has 1 aliphatic carbocycles. The highest BCUT2D eigenvalue weighted by molar-refractivity contribution is 4.81. The zero-order valence-electron chi connectivity index (χ0n) is 11.1. The van der Waals surface area contributed by atoms with Crippen LogP contribution in [0.2, 0.25) is 0 Å². The summed E-state index contributed by atoms with van der Waals surface area (Å²) in [6.45, 7) is 11.1. The lowest BCUT2D eigenvalue weighted by atomic mass is 9.72. The third kappa shape index (κ3) is 4.14. The van der Waals surface area contributed by atoms with Crippen molar-refractivity contribution in [3.8, 4) is 0 Å².